The molecule has 0 saturated carbocycles. The number of fused-ring (bicyclic) bond motifs is 3. The van der Waals surface area contributed by atoms with Crippen molar-refractivity contribution in [1.29, 1.82) is 0 Å². The number of carbonyl (C=O) groups excluding carboxylic acids is 1. The predicted octanol–water partition coefficient (Wildman–Crippen LogP) is 1.57. The summed E-state index contributed by atoms with van der Waals surface area (Å²) in [6, 6.07) is 8.23. The number of hydrogen-bond acceptors (Lipinski definition) is 2. The summed E-state index contributed by atoms with van der Waals surface area (Å²) in [7, 11) is 0. The van der Waals surface area contributed by atoms with Gasteiger partial charge in [0.15, 0.2) is 0 Å². The van der Waals surface area contributed by atoms with Crippen molar-refractivity contribution < 1.29 is 4.79 Å². The summed E-state index contributed by atoms with van der Waals surface area (Å²) < 4.78 is 0. The minimum absolute atomic E-state index is 0.120. The van der Waals surface area contributed by atoms with Crippen molar-refractivity contribution in [1.82, 2.24) is 4.90 Å². The molecule has 0 aromatic heterocycles. The van der Waals surface area contributed by atoms with Crippen molar-refractivity contribution in [2.24, 2.45) is 4.99 Å². The van der Waals surface area contributed by atoms with E-state index in [1.165, 1.54) is 5.56 Å². The molecule has 1 amide bonds. The summed E-state index contributed by atoms with van der Waals surface area (Å²) in [6.07, 6.45) is 0.539. The van der Waals surface area contributed by atoms with Gasteiger partial charge >= 0.3 is 0 Å². The number of amidine groups is 1. The Balaban J connectivity index is 2.15. The molecule has 0 bridgehead atoms. The molecule has 3 heteroatoms. The van der Waals surface area contributed by atoms with Crippen LogP contribution in [0.15, 0.2) is 29.3 Å². The average molecular weight is 200 g/mol. The van der Waals surface area contributed by atoms with Crippen LogP contribution in [-0.2, 0) is 11.3 Å². The number of amides is 1. The van der Waals surface area contributed by atoms with Crippen molar-refractivity contribution in [3.05, 3.63) is 35.4 Å². The predicted molar refractivity (Wildman–Crippen MR) is 57.6 cm³/mol. The third-order valence-corrected chi connectivity index (χ3v) is 2.96. The Morgan fingerprint density at radius 2 is 2.20 bits per heavy atom. The van der Waals surface area contributed by atoms with E-state index in [0.29, 0.717) is 13.0 Å². The molecule has 1 unspecified atom stereocenters. The minimum atomic E-state index is 0.120. The van der Waals surface area contributed by atoms with Gasteiger partial charge in [0.25, 0.3) is 0 Å². The largest absolute Gasteiger partial charge is 0.292 e. The van der Waals surface area contributed by atoms with Crippen LogP contribution in [-0.4, -0.2) is 22.7 Å². The molecule has 0 spiro atoms. The standard InChI is InChI=1S/C12H12N2O/c1-8-6-11(15)14-7-9-4-2-3-5-10(9)12(14)13-8/h2-5,8H,6-7H2,1H3. The van der Waals surface area contributed by atoms with E-state index in [-0.39, 0.29) is 11.9 Å². The van der Waals surface area contributed by atoms with Crippen molar-refractivity contribution in [3.8, 4) is 0 Å². The average Bonchev–Trinajstić information content (AvgIpc) is 2.57. The van der Waals surface area contributed by atoms with Gasteiger partial charge in [-0.3, -0.25) is 14.7 Å². The maximum atomic E-state index is 11.8. The summed E-state index contributed by atoms with van der Waals surface area (Å²) in [5.41, 5.74) is 2.33. The lowest BCUT2D eigenvalue weighted by Crippen LogP contribution is -2.38. The van der Waals surface area contributed by atoms with Crippen LogP contribution in [0, 0.1) is 0 Å². The molecule has 0 aliphatic carbocycles. The van der Waals surface area contributed by atoms with Gasteiger partial charge in [0.1, 0.15) is 5.84 Å². The van der Waals surface area contributed by atoms with E-state index >= 15 is 0 Å². The Kier molecular flexibility index (Phi) is 1.69. The van der Waals surface area contributed by atoms with Gasteiger partial charge in [0.05, 0.1) is 12.6 Å². The van der Waals surface area contributed by atoms with Crippen molar-refractivity contribution >= 4 is 11.7 Å². The number of hydrogen-bond donors (Lipinski definition) is 0. The highest BCUT2D eigenvalue weighted by molar-refractivity contribution is 6.12. The van der Waals surface area contributed by atoms with Gasteiger partial charge in [-0.2, -0.15) is 0 Å². The zero-order valence-corrected chi connectivity index (χ0v) is 8.60. The first-order valence-corrected chi connectivity index (χ1v) is 5.22. The Bertz CT molecular complexity index is 464. The molecule has 3 rings (SSSR count). The number of benzene rings is 1. The first-order chi connectivity index (χ1) is 7.25. The molecule has 15 heavy (non-hydrogen) atoms. The Hall–Kier alpha value is -1.64. The Labute approximate surface area is 88.4 Å². The molecule has 0 saturated heterocycles. The van der Waals surface area contributed by atoms with Crippen LogP contribution in [0.25, 0.3) is 0 Å². The normalized spacial score (nSPS) is 23.5. The van der Waals surface area contributed by atoms with Gasteiger partial charge < -0.3 is 0 Å². The fourth-order valence-electron chi connectivity index (χ4n) is 2.23. The number of rotatable bonds is 0. The zero-order valence-electron chi connectivity index (χ0n) is 8.60. The van der Waals surface area contributed by atoms with E-state index in [1.54, 1.807) is 4.90 Å². The van der Waals surface area contributed by atoms with Crippen molar-refractivity contribution in [3.63, 3.8) is 0 Å². The third-order valence-electron chi connectivity index (χ3n) is 2.96. The van der Waals surface area contributed by atoms with Crippen molar-refractivity contribution in [2.75, 3.05) is 0 Å². The highest BCUT2D eigenvalue weighted by Gasteiger charge is 2.33. The first-order valence-electron chi connectivity index (χ1n) is 5.22. The maximum Gasteiger partial charge on any atom is 0.230 e. The van der Waals surface area contributed by atoms with Crippen LogP contribution in [0.1, 0.15) is 24.5 Å². The molecule has 2 heterocycles. The molecule has 0 fully saturated rings. The van der Waals surface area contributed by atoms with Crippen LogP contribution in [0.2, 0.25) is 0 Å². The smallest absolute Gasteiger partial charge is 0.230 e. The lowest BCUT2D eigenvalue weighted by Gasteiger charge is -2.24. The molecule has 76 valence electrons. The Morgan fingerprint density at radius 3 is 3.07 bits per heavy atom. The van der Waals surface area contributed by atoms with Crippen molar-refractivity contribution in [2.45, 2.75) is 25.9 Å². The summed E-state index contributed by atoms with van der Waals surface area (Å²) in [6.45, 7) is 2.68. The second-order valence-electron chi connectivity index (χ2n) is 4.14. The fraction of sp³-hybridized carbons (Fsp3) is 0.333. The van der Waals surface area contributed by atoms with Gasteiger partial charge in [0, 0.05) is 12.0 Å². The van der Waals surface area contributed by atoms with E-state index in [2.05, 4.69) is 11.1 Å². The van der Waals surface area contributed by atoms with Crippen LogP contribution in [0.5, 0.6) is 0 Å². The molecule has 1 aromatic carbocycles. The molecule has 1 aromatic rings. The van der Waals surface area contributed by atoms with Crippen LogP contribution < -0.4 is 0 Å². The third kappa shape index (κ3) is 1.19. The minimum Gasteiger partial charge on any atom is -0.292 e. The second-order valence-corrected chi connectivity index (χ2v) is 4.14. The molecule has 1 atom stereocenters. The molecule has 0 radical (unpaired) electrons. The number of aliphatic imine (C=N–C) groups is 1. The van der Waals surface area contributed by atoms with Crippen LogP contribution in [0.3, 0.4) is 0 Å². The molecule has 2 aliphatic heterocycles. The van der Waals surface area contributed by atoms with E-state index in [0.717, 1.165) is 11.4 Å². The highest BCUT2D eigenvalue weighted by atomic mass is 16.2. The quantitative estimate of drug-likeness (QED) is 0.625. The summed E-state index contributed by atoms with van der Waals surface area (Å²) in [5.74, 6) is 1.07. The monoisotopic (exact) mass is 200 g/mol. The van der Waals surface area contributed by atoms with Gasteiger partial charge in [-0.1, -0.05) is 24.3 Å². The van der Waals surface area contributed by atoms with Gasteiger partial charge in [-0.05, 0) is 12.5 Å². The van der Waals surface area contributed by atoms with Crippen LogP contribution in [0.4, 0.5) is 0 Å². The van der Waals surface area contributed by atoms with E-state index in [1.807, 2.05) is 25.1 Å². The summed E-state index contributed by atoms with van der Waals surface area (Å²) in [4.78, 5) is 18.2. The summed E-state index contributed by atoms with van der Waals surface area (Å²) in [5, 5.41) is 0. The molecular formula is C12H12N2O. The van der Waals surface area contributed by atoms with Gasteiger partial charge in [0.2, 0.25) is 5.91 Å². The topological polar surface area (TPSA) is 32.7 Å². The van der Waals surface area contributed by atoms with Gasteiger partial charge in [-0.15, -0.1) is 0 Å². The van der Waals surface area contributed by atoms with E-state index in [9.17, 15) is 4.79 Å². The fourth-order valence-corrected chi connectivity index (χ4v) is 2.23. The lowest BCUT2D eigenvalue weighted by molar-refractivity contribution is -0.128. The Morgan fingerprint density at radius 1 is 1.40 bits per heavy atom. The number of carbonyl (C=O) groups is 1. The second kappa shape index (κ2) is 2.92. The SMILES string of the molecule is CC1CC(=O)N2Cc3ccccc3C2=N1. The molecule has 3 nitrogen and oxygen atoms in total. The van der Waals surface area contributed by atoms with E-state index in [4.69, 9.17) is 0 Å². The maximum absolute atomic E-state index is 11.8. The highest BCUT2D eigenvalue weighted by Crippen LogP contribution is 2.27. The molecule has 2 aliphatic rings. The van der Waals surface area contributed by atoms with E-state index < -0.39 is 0 Å². The van der Waals surface area contributed by atoms with Gasteiger partial charge in [-0.25, -0.2) is 0 Å². The first kappa shape index (κ1) is 8.65. The zero-order chi connectivity index (χ0) is 10.4. The lowest BCUT2D eigenvalue weighted by atomic mass is 10.1. The molecule has 0 N–H and O–H groups in total. The van der Waals surface area contributed by atoms with Crippen LogP contribution >= 0.6 is 0 Å². The molecular weight excluding hydrogens is 188 g/mol. The summed E-state index contributed by atoms with van der Waals surface area (Å²) >= 11 is 0. The number of nitrogens with zero attached hydrogens (tertiary/aromatic N) is 2.